The summed E-state index contributed by atoms with van der Waals surface area (Å²) in [7, 11) is 0. The van der Waals surface area contributed by atoms with Crippen molar-refractivity contribution >= 4 is 16.8 Å². The first kappa shape index (κ1) is 19.1. The standard InChI is InChI=1S/C21H22N4O4/c26-19(23-29)15-9-7-14(8-10-15)13-24-18-6-2-1-5-17(18)20(27)25(21(24)28)16-4-3-11-22-12-16/h1-2,5-10,16,22,29H,3-4,11-13H2,(H,23,26). The van der Waals surface area contributed by atoms with Gasteiger partial charge >= 0.3 is 5.69 Å². The van der Waals surface area contributed by atoms with E-state index in [0.717, 1.165) is 24.9 Å². The molecule has 0 saturated carbocycles. The molecule has 1 saturated heterocycles. The first-order chi connectivity index (χ1) is 14.1. The Morgan fingerprint density at radius 1 is 1.14 bits per heavy atom. The zero-order chi connectivity index (χ0) is 20.4. The van der Waals surface area contributed by atoms with Crippen LogP contribution in [0.15, 0.2) is 58.1 Å². The molecule has 0 aliphatic carbocycles. The number of fused-ring (bicyclic) bond motifs is 1. The molecular formula is C21H22N4O4. The maximum Gasteiger partial charge on any atom is 0.332 e. The fraction of sp³-hybridized carbons (Fsp3) is 0.286. The number of amides is 1. The van der Waals surface area contributed by atoms with Gasteiger partial charge in [-0.05, 0) is 49.2 Å². The van der Waals surface area contributed by atoms with Gasteiger partial charge < -0.3 is 5.32 Å². The third-order valence-corrected chi connectivity index (χ3v) is 5.38. The van der Waals surface area contributed by atoms with Gasteiger partial charge in [-0.1, -0.05) is 24.3 Å². The topological polar surface area (TPSA) is 105 Å². The van der Waals surface area contributed by atoms with E-state index in [1.165, 1.54) is 4.57 Å². The van der Waals surface area contributed by atoms with E-state index in [4.69, 9.17) is 5.21 Å². The van der Waals surface area contributed by atoms with Crippen molar-refractivity contribution in [3.05, 3.63) is 80.5 Å². The van der Waals surface area contributed by atoms with Crippen LogP contribution in [0.2, 0.25) is 0 Å². The average molecular weight is 394 g/mol. The largest absolute Gasteiger partial charge is 0.332 e. The summed E-state index contributed by atoms with van der Waals surface area (Å²) < 4.78 is 2.98. The molecule has 2 heterocycles. The van der Waals surface area contributed by atoms with Gasteiger partial charge in [-0.15, -0.1) is 0 Å². The van der Waals surface area contributed by atoms with Gasteiger partial charge in [-0.2, -0.15) is 0 Å². The second-order valence-electron chi connectivity index (χ2n) is 7.20. The van der Waals surface area contributed by atoms with Crippen molar-refractivity contribution in [3.63, 3.8) is 0 Å². The van der Waals surface area contributed by atoms with Crippen LogP contribution in [-0.2, 0) is 6.54 Å². The summed E-state index contributed by atoms with van der Waals surface area (Å²) in [6.07, 6.45) is 1.70. The SMILES string of the molecule is O=C(NO)c1ccc(Cn2c(=O)n(C3CCCNC3)c(=O)c3ccccc32)cc1. The molecule has 1 fully saturated rings. The lowest BCUT2D eigenvalue weighted by Crippen LogP contribution is -2.46. The number of hydroxylamine groups is 1. The summed E-state index contributed by atoms with van der Waals surface area (Å²) in [4.78, 5) is 37.9. The molecule has 0 spiro atoms. The zero-order valence-corrected chi connectivity index (χ0v) is 15.8. The molecule has 3 N–H and O–H groups in total. The second kappa shape index (κ2) is 8.02. The summed E-state index contributed by atoms with van der Waals surface area (Å²) in [5, 5.41) is 12.5. The zero-order valence-electron chi connectivity index (χ0n) is 15.8. The molecule has 8 nitrogen and oxygen atoms in total. The molecule has 1 unspecified atom stereocenters. The van der Waals surface area contributed by atoms with Crippen LogP contribution in [-0.4, -0.2) is 33.3 Å². The number of para-hydroxylation sites is 1. The van der Waals surface area contributed by atoms with Gasteiger partial charge in [0.05, 0.1) is 23.5 Å². The number of rotatable bonds is 4. The van der Waals surface area contributed by atoms with Crippen LogP contribution in [0.4, 0.5) is 0 Å². The minimum Gasteiger partial charge on any atom is -0.315 e. The van der Waals surface area contributed by atoms with E-state index in [0.29, 0.717) is 23.0 Å². The molecule has 8 heteroatoms. The van der Waals surface area contributed by atoms with E-state index >= 15 is 0 Å². The van der Waals surface area contributed by atoms with Crippen LogP contribution >= 0.6 is 0 Å². The van der Waals surface area contributed by atoms with E-state index in [9.17, 15) is 14.4 Å². The smallest absolute Gasteiger partial charge is 0.315 e. The predicted molar refractivity (Wildman–Crippen MR) is 108 cm³/mol. The minimum atomic E-state index is -0.600. The van der Waals surface area contributed by atoms with Gasteiger partial charge in [0, 0.05) is 12.1 Å². The van der Waals surface area contributed by atoms with E-state index in [1.807, 2.05) is 0 Å². The van der Waals surface area contributed by atoms with E-state index in [-0.39, 0.29) is 23.8 Å². The lowest BCUT2D eigenvalue weighted by molar-refractivity contribution is 0.0706. The Morgan fingerprint density at radius 2 is 1.90 bits per heavy atom. The number of hydrogen-bond donors (Lipinski definition) is 3. The Kier molecular flexibility index (Phi) is 5.28. The summed E-state index contributed by atoms with van der Waals surface area (Å²) in [5.74, 6) is -0.600. The summed E-state index contributed by atoms with van der Waals surface area (Å²) in [6.45, 7) is 1.75. The second-order valence-corrected chi connectivity index (χ2v) is 7.20. The summed E-state index contributed by atoms with van der Waals surface area (Å²) in [5.41, 5.74) is 2.70. The third kappa shape index (κ3) is 3.59. The van der Waals surface area contributed by atoms with Crippen molar-refractivity contribution in [2.75, 3.05) is 13.1 Å². The Balaban J connectivity index is 1.82. The Labute approximate surface area is 166 Å². The molecule has 1 amide bonds. The molecule has 29 heavy (non-hydrogen) atoms. The fourth-order valence-corrected chi connectivity index (χ4v) is 3.88. The van der Waals surface area contributed by atoms with Gasteiger partial charge in [-0.3, -0.25) is 23.9 Å². The highest BCUT2D eigenvalue weighted by Crippen LogP contribution is 2.16. The lowest BCUT2D eigenvalue weighted by Gasteiger charge is -2.25. The molecule has 3 aromatic rings. The van der Waals surface area contributed by atoms with Crippen molar-refractivity contribution in [2.24, 2.45) is 0 Å². The molecule has 0 bridgehead atoms. The van der Waals surface area contributed by atoms with Gasteiger partial charge in [0.25, 0.3) is 11.5 Å². The van der Waals surface area contributed by atoms with Gasteiger partial charge in [0.15, 0.2) is 0 Å². The predicted octanol–water partition coefficient (Wildman–Crippen LogP) is 1.26. The van der Waals surface area contributed by atoms with E-state index < -0.39 is 5.91 Å². The third-order valence-electron chi connectivity index (χ3n) is 5.38. The molecular weight excluding hydrogens is 372 g/mol. The van der Waals surface area contributed by atoms with Crippen LogP contribution in [0.5, 0.6) is 0 Å². The highest BCUT2D eigenvalue weighted by Gasteiger charge is 2.22. The van der Waals surface area contributed by atoms with Crippen LogP contribution < -0.4 is 22.0 Å². The summed E-state index contributed by atoms with van der Waals surface area (Å²) >= 11 is 0. The van der Waals surface area contributed by atoms with Crippen LogP contribution in [0.3, 0.4) is 0 Å². The van der Waals surface area contributed by atoms with Crippen molar-refractivity contribution < 1.29 is 10.0 Å². The van der Waals surface area contributed by atoms with Crippen LogP contribution in [0.1, 0.15) is 34.8 Å². The highest BCUT2D eigenvalue weighted by molar-refractivity contribution is 5.93. The van der Waals surface area contributed by atoms with Crippen LogP contribution in [0, 0.1) is 0 Å². The minimum absolute atomic E-state index is 0.171. The molecule has 1 aromatic heterocycles. The maximum absolute atomic E-state index is 13.3. The number of nitrogens with zero attached hydrogens (tertiary/aromatic N) is 2. The van der Waals surface area contributed by atoms with Gasteiger partial charge in [-0.25, -0.2) is 10.3 Å². The van der Waals surface area contributed by atoms with Crippen molar-refractivity contribution in [1.82, 2.24) is 19.9 Å². The van der Waals surface area contributed by atoms with Crippen LogP contribution in [0.25, 0.3) is 10.9 Å². The summed E-state index contributed by atoms with van der Waals surface area (Å²) in [6, 6.07) is 13.6. The molecule has 1 aliphatic heterocycles. The Morgan fingerprint density at radius 3 is 2.59 bits per heavy atom. The molecule has 2 aromatic carbocycles. The Hall–Kier alpha value is -3.23. The van der Waals surface area contributed by atoms with Gasteiger partial charge in [0.2, 0.25) is 0 Å². The van der Waals surface area contributed by atoms with E-state index in [1.54, 1.807) is 58.6 Å². The normalized spacial score (nSPS) is 16.7. The number of piperidine rings is 1. The number of benzene rings is 2. The maximum atomic E-state index is 13.3. The highest BCUT2D eigenvalue weighted by atomic mass is 16.5. The first-order valence-electron chi connectivity index (χ1n) is 9.58. The van der Waals surface area contributed by atoms with Crippen molar-refractivity contribution in [2.45, 2.75) is 25.4 Å². The lowest BCUT2D eigenvalue weighted by atomic mass is 10.1. The average Bonchev–Trinajstić information content (AvgIpc) is 2.77. The first-order valence-corrected chi connectivity index (χ1v) is 9.58. The quantitative estimate of drug-likeness (QED) is 0.456. The number of carbonyl (C=O) groups excluding carboxylic acids is 1. The molecule has 150 valence electrons. The molecule has 0 radical (unpaired) electrons. The van der Waals surface area contributed by atoms with Crippen molar-refractivity contribution in [1.29, 1.82) is 0 Å². The monoisotopic (exact) mass is 394 g/mol. The Bertz CT molecular complexity index is 1160. The number of aromatic nitrogens is 2. The number of hydrogen-bond acceptors (Lipinski definition) is 5. The fourth-order valence-electron chi connectivity index (χ4n) is 3.88. The number of nitrogens with one attached hydrogen (secondary N) is 2. The molecule has 1 aliphatic rings. The molecule has 4 rings (SSSR count). The van der Waals surface area contributed by atoms with E-state index in [2.05, 4.69) is 5.32 Å². The molecule has 1 atom stereocenters. The van der Waals surface area contributed by atoms with Crippen molar-refractivity contribution in [3.8, 4) is 0 Å². The number of carbonyl (C=O) groups is 1. The van der Waals surface area contributed by atoms with Gasteiger partial charge in [0.1, 0.15) is 0 Å².